The van der Waals surface area contributed by atoms with Crippen LogP contribution >= 0.6 is 0 Å². The molecule has 0 spiro atoms. The number of aliphatic hydroxyl groups is 1. The van der Waals surface area contributed by atoms with Crippen molar-refractivity contribution in [1.29, 1.82) is 0 Å². The fourth-order valence-corrected chi connectivity index (χ4v) is 11.5. The van der Waals surface area contributed by atoms with E-state index < -0.39 is 6.10 Å². The van der Waals surface area contributed by atoms with Crippen molar-refractivity contribution in [3.63, 3.8) is 0 Å². The van der Waals surface area contributed by atoms with Gasteiger partial charge < -0.3 is 45.9 Å². The Kier molecular flexibility index (Phi) is 8.66. The predicted molar refractivity (Wildman–Crippen MR) is 150 cm³/mol. The Bertz CT molecular complexity index is 952. The minimum atomic E-state index is -0.508. The molecule has 6 fully saturated rings. The van der Waals surface area contributed by atoms with Crippen LogP contribution in [0.2, 0.25) is 0 Å². The summed E-state index contributed by atoms with van der Waals surface area (Å²) in [6, 6.07) is 0.108. The van der Waals surface area contributed by atoms with Crippen molar-refractivity contribution in [1.82, 2.24) is 0 Å². The minimum absolute atomic E-state index is 0. The molecule has 2 heterocycles. The van der Waals surface area contributed by atoms with Crippen molar-refractivity contribution in [2.75, 3.05) is 45.9 Å². The number of fused-ring (bicyclic) bond motifs is 5. The molecule has 0 aromatic heterocycles. The van der Waals surface area contributed by atoms with Gasteiger partial charge in [-0.25, -0.2) is 0 Å². The van der Waals surface area contributed by atoms with Crippen LogP contribution in [-0.2, 0) is 14.3 Å². The SMILES string of the molecule is C=CC[N+]1([C@H]2CC3[C@@H]4CCC5CC(O)[C@@H]([N+]6([O-])CCOCC6)C[C@]5(C)C4CC[C@]3(C)[C@H]2OC(C)=O)CCCC1.[Br-]. The van der Waals surface area contributed by atoms with Crippen molar-refractivity contribution in [3.05, 3.63) is 17.9 Å². The summed E-state index contributed by atoms with van der Waals surface area (Å²) in [7, 11) is 0. The number of aliphatic hydroxyl groups excluding tert-OH is 1. The standard InChI is InChI=1S/C32H53N2O5.BrH/c1-5-12-33(13-6-7-14-33)27-20-26-24-9-8-23-19-29(36)28(34(37)15-17-38-18-16-34)21-32(23,4)25(24)10-11-31(26,3)30(27)39-22(2)35;/h5,23-30,36H,1,6-21H2,2-4H3;1H/q+1;/p-1/t23?,24-,25?,26?,27+,28+,29?,30+,31+,32+;/m1./s1. The number of halogens is 1. The molecule has 2 saturated heterocycles. The topological polar surface area (TPSA) is 78.8 Å². The molecule has 4 saturated carbocycles. The molecule has 228 valence electrons. The van der Waals surface area contributed by atoms with Crippen molar-refractivity contribution >= 4 is 5.97 Å². The molecule has 8 heteroatoms. The molecule has 0 bridgehead atoms. The maximum Gasteiger partial charge on any atom is 0.303 e. The van der Waals surface area contributed by atoms with E-state index in [9.17, 15) is 15.1 Å². The van der Waals surface area contributed by atoms with Crippen LogP contribution in [-0.4, -0.2) is 90.4 Å². The number of esters is 1. The number of hydrogen-bond donors (Lipinski definition) is 1. The molecule has 0 radical (unpaired) electrons. The fourth-order valence-electron chi connectivity index (χ4n) is 11.5. The Morgan fingerprint density at radius 2 is 1.75 bits per heavy atom. The maximum absolute atomic E-state index is 14.0. The first kappa shape index (κ1) is 30.9. The van der Waals surface area contributed by atoms with E-state index in [-0.39, 0.29) is 50.6 Å². The number of likely N-dealkylation sites (tertiary alicyclic amines) is 1. The molecule has 4 unspecified atom stereocenters. The van der Waals surface area contributed by atoms with Crippen molar-refractivity contribution in [2.24, 2.45) is 34.5 Å². The Hall–Kier alpha value is -0.510. The number of carbonyl (C=O) groups is 1. The lowest BCUT2D eigenvalue weighted by Gasteiger charge is -2.64. The second-order valence-electron chi connectivity index (χ2n) is 15.0. The maximum atomic E-state index is 14.0. The highest BCUT2D eigenvalue weighted by atomic mass is 79.9. The zero-order valence-electron chi connectivity index (χ0n) is 25.1. The third-order valence-corrected chi connectivity index (χ3v) is 13.4. The first-order valence-corrected chi connectivity index (χ1v) is 16.0. The summed E-state index contributed by atoms with van der Waals surface area (Å²) in [6.07, 6.45) is 11.4. The Morgan fingerprint density at radius 3 is 2.40 bits per heavy atom. The summed E-state index contributed by atoms with van der Waals surface area (Å²) in [6.45, 7) is 15.9. The third kappa shape index (κ3) is 4.75. The van der Waals surface area contributed by atoms with Gasteiger partial charge in [-0.05, 0) is 67.3 Å². The molecule has 0 aromatic rings. The van der Waals surface area contributed by atoms with Crippen LogP contribution in [0.5, 0.6) is 0 Å². The molecule has 2 aliphatic heterocycles. The lowest BCUT2D eigenvalue weighted by Crippen LogP contribution is -3.00. The van der Waals surface area contributed by atoms with Gasteiger partial charge in [0, 0.05) is 38.0 Å². The third-order valence-electron chi connectivity index (χ3n) is 13.4. The van der Waals surface area contributed by atoms with Crippen LogP contribution in [0.3, 0.4) is 0 Å². The highest BCUT2D eigenvalue weighted by Gasteiger charge is 2.68. The highest BCUT2D eigenvalue weighted by Crippen LogP contribution is 2.68. The molecule has 6 rings (SSSR count). The second-order valence-corrected chi connectivity index (χ2v) is 15.0. The Labute approximate surface area is 252 Å². The highest BCUT2D eigenvalue weighted by molar-refractivity contribution is 5.66. The summed E-state index contributed by atoms with van der Waals surface area (Å²) in [5.41, 5.74) is 0.0813. The summed E-state index contributed by atoms with van der Waals surface area (Å²) >= 11 is 0. The lowest BCUT2D eigenvalue weighted by atomic mass is 9.44. The van der Waals surface area contributed by atoms with Crippen LogP contribution < -0.4 is 17.0 Å². The van der Waals surface area contributed by atoms with Gasteiger partial charge in [-0.1, -0.05) is 20.4 Å². The van der Waals surface area contributed by atoms with Gasteiger partial charge in [0.25, 0.3) is 0 Å². The molecular weight excluding hydrogens is 572 g/mol. The average molecular weight is 626 g/mol. The Morgan fingerprint density at radius 1 is 1.05 bits per heavy atom. The van der Waals surface area contributed by atoms with Crippen molar-refractivity contribution < 1.29 is 45.5 Å². The van der Waals surface area contributed by atoms with Gasteiger partial charge in [0.1, 0.15) is 31.3 Å². The van der Waals surface area contributed by atoms with Gasteiger partial charge in [0.2, 0.25) is 0 Å². The predicted octanol–water partition coefficient (Wildman–Crippen LogP) is 1.42. The fraction of sp³-hybridized carbons (Fsp3) is 0.906. The van der Waals surface area contributed by atoms with E-state index in [0.717, 1.165) is 62.6 Å². The molecule has 1 N–H and O–H groups in total. The normalized spacial score (nSPS) is 47.2. The average Bonchev–Trinajstić information content (AvgIpc) is 3.48. The number of morpholine rings is 1. The number of quaternary nitrogens is 2. The van der Waals surface area contributed by atoms with E-state index >= 15 is 0 Å². The van der Waals surface area contributed by atoms with Crippen LogP contribution in [0, 0.1) is 39.7 Å². The van der Waals surface area contributed by atoms with E-state index in [0.29, 0.717) is 56.0 Å². The summed E-state index contributed by atoms with van der Waals surface area (Å²) in [4.78, 5) is 12.5. The van der Waals surface area contributed by atoms with Crippen LogP contribution in [0.4, 0.5) is 0 Å². The molecule has 0 aromatic carbocycles. The lowest BCUT2D eigenvalue weighted by molar-refractivity contribution is -0.937. The van der Waals surface area contributed by atoms with E-state index in [1.165, 1.54) is 19.3 Å². The second kappa shape index (κ2) is 11.2. The zero-order chi connectivity index (χ0) is 27.6. The number of nitrogens with zero attached hydrogens (tertiary/aromatic N) is 2. The molecule has 0 amide bonds. The van der Waals surface area contributed by atoms with Crippen LogP contribution in [0.1, 0.15) is 78.6 Å². The molecule has 40 heavy (non-hydrogen) atoms. The molecular formula is C32H53BrN2O5. The number of carbonyl (C=O) groups excluding carboxylic acids is 1. The first-order chi connectivity index (χ1) is 18.6. The van der Waals surface area contributed by atoms with Gasteiger partial charge in [-0.15, -0.1) is 0 Å². The van der Waals surface area contributed by atoms with Crippen LogP contribution in [0.25, 0.3) is 0 Å². The van der Waals surface area contributed by atoms with E-state index in [4.69, 9.17) is 9.47 Å². The first-order valence-electron chi connectivity index (χ1n) is 16.0. The molecule has 7 nitrogen and oxygen atoms in total. The molecule has 4 aliphatic carbocycles. The van der Waals surface area contributed by atoms with E-state index in [1.807, 2.05) is 0 Å². The minimum Gasteiger partial charge on any atom is -1.00 e. The quantitative estimate of drug-likeness (QED) is 0.217. The number of ether oxygens (including phenoxy) is 2. The van der Waals surface area contributed by atoms with Gasteiger partial charge >= 0.3 is 5.97 Å². The van der Waals surface area contributed by atoms with Gasteiger partial charge in [0.05, 0.1) is 32.8 Å². The summed E-state index contributed by atoms with van der Waals surface area (Å²) < 4.78 is 12.6. The van der Waals surface area contributed by atoms with E-state index in [2.05, 4.69) is 26.5 Å². The van der Waals surface area contributed by atoms with Gasteiger partial charge in [-0.2, -0.15) is 0 Å². The Balaban J connectivity index is 0.00000323. The zero-order valence-corrected chi connectivity index (χ0v) is 26.7. The summed E-state index contributed by atoms with van der Waals surface area (Å²) in [5.74, 6) is 2.05. The van der Waals surface area contributed by atoms with Gasteiger partial charge in [0.15, 0.2) is 6.10 Å². The molecule has 6 aliphatic rings. The molecule has 10 atom stereocenters. The van der Waals surface area contributed by atoms with Crippen LogP contribution in [0.15, 0.2) is 12.7 Å². The van der Waals surface area contributed by atoms with Gasteiger partial charge in [-0.3, -0.25) is 4.79 Å². The monoisotopic (exact) mass is 624 g/mol. The van der Waals surface area contributed by atoms with E-state index in [1.54, 1.807) is 6.92 Å². The van der Waals surface area contributed by atoms with Crippen molar-refractivity contribution in [3.8, 4) is 0 Å². The smallest absolute Gasteiger partial charge is 0.303 e. The largest absolute Gasteiger partial charge is 1.00 e. The number of hydrogen-bond acceptors (Lipinski definition) is 5. The summed E-state index contributed by atoms with van der Waals surface area (Å²) in [5, 5.41) is 25.2. The number of hydroxylamine groups is 3. The van der Waals surface area contributed by atoms with Crippen molar-refractivity contribution in [2.45, 2.75) is 103 Å². The number of rotatable bonds is 5.